The van der Waals surface area contributed by atoms with Crippen LogP contribution in [0, 0.1) is 5.41 Å². The predicted octanol–water partition coefficient (Wildman–Crippen LogP) is 5.30. The molecule has 0 aromatic heterocycles. The molecule has 0 aliphatic heterocycles. The van der Waals surface area contributed by atoms with Crippen LogP contribution in [0.4, 0.5) is 0 Å². The van der Waals surface area contributed by atoms with E-state index in [2.05, 4.69) is 64.1 Å². The molecule has 0 radical (unpaired) electrons. The second-order valence-corrected chi connectivity index (χ2v) is 4.35. The second-order valence-electron chi connectivity index (χ2n) is 4.35. The number of halogens is 1. The molecule has 0 amide bonds. The Bertz CT molecular complexity index is 44.5. The highest BCUT2D eigenvalue weighted by molar-refractivity contribution is 14.1. The highest BCUT2D eigenvalue weighted by Gasteiger charge is 1.95. The van der Waals surface area contributed by atoms with Gasteiger partial charge >= 0.3 is 0 Å². The van der Waals surface area contributed by atoms with Crippen molar-refractivity contribution >= 4 is 22.6 Å². The molecule has 0 spiro atoms. The summed E-state index contributed by atoms with van der Waals surface area (Å²) in [6.07, 6.45) is 4.08. The number of rotatable bonds is 2. The van der Waals surface area contributed by atoms with Crippen LogP contribution in [0.25, 0.3) is 0 Å². The fourth-order valence-corrected chi connectivity index (χ4v) is 0.354. The van der Waals surface area contributed by atoms with Crippen LogP contribution < -0.4 is 0 Å². The summed E-state index contributed by atoms with van der Waals surface area (Å²) in [5.74, 6) is 0. The minimum atomic E-state index is 0.500. The zero-order valence-corrected chi connectivity index (χ0v) is 12.2. The zero-order valence-electron chi connectivity index (χ0n) is 10.00. The van der Waals surface area contributed by atoms with Gasteiger partial charge in [-0.05, 0) is 10.3 Å². The molecule has 0 bridgehead atoms. The van der Waals surface area contributed by atoms with Crippen LogP contribution in [0.1, 0.15) is 60.8 Å². The summed E-state index contributed by atoms with van der Waals surface area (Å²) in [5.41, 5.74) is 0.500. The van der Waals surface area contributed by atoms with Gasteiger partial charge in [-0.2, -0.15) is 0 Å². The van der Waals surface area contributed by atoms with Gasteiger partial charge in [0.25, 0.3) is 0 Å². The first-order valence-electron chi connectivity index (χ1n) is 4.79. The smallest absolute Gasteiger partial charge is 0.0121 e. The molecule has 0 nitrogen and oxygen atoms in total. The standard InChI is InChI=1S/2C5H12.CH3I/c1-5(2,3)4;1-3-5-4-2;1-2/h1-4H3;3-5H2,1-2H3;1H3. The molecule has 0 N–H and O–H groups in total. The molecule has 0 heterocycles. The van der Waals surface area contributed by atoms with E-state index in [-0.39, 0.29) is 0 Å². The van der Waals surface area contributed by atoms with Crippen molar-refractivity contribution in [1.82, 2.24) is 0 Å². The van der Waals surface area contributed by atoms with Crippen molar-refractivity contribution in [1.29, 1.82) is 0 Å². The Morgan fingerprint density at radius 1 is 0.833 bits per heavy atom. The van der Waals surface area contributed by atoms with Gasteiger partial charge in [0, 0.05) is 0 Å². The molecule has 0 aromatic carbocycles. The van der Waals surface area contributed by atoms with Gasteiger partial charge in [-0.1, -0.05) is 83.4 Å². The molecule has 0 aromatic rings. The van der Waals surface area contributed by atoms with Crippen LogP contribution >= 0.6 is 22.6 Å². The summed E-state index contributed by atoms with van der Waals surface area (Å²) in [4.78, 5) is 1.97. The van der Waals surface area contributed by atoms with Crippen LogP contribution in [0.5, 0.6) is 0 Å². The Hall–Kier alpha value is 0.730. The molecule has 0 saturated carbocycles. The van der Waals surface area contributed by atoms with Crippen LogP contribution in [0.3, 0.4) is 0 Å². The Labute approximate surface area is 93.7 Å². The third-order valence-electron chi connectivity index (χ3n) is 0.707. The lowest BCUT2D eigenvalue weighted by Crippen LogP contribution is -1.93. The van der Waals surface area contributed by atoms with Crippen molar-refractivity contribution in [2.45, 2.75) is 60.8 Å². The molecule has 0 fully saturated rings. The van der Waals surface area contributed by atoms with Crippen molar-refractivity contribution in [3.05, 3.63) is 0 Å². The summed E-state index contributed by atoms with van der Waals surface area (Å²) in [6.45, 7) is 13.2. The van der Waals surface area contributed by atoms with Crippen LogP contribution in [0.15, 0.2) is 0 Å². The molecule has 0 atom stereocenters. The van der Waals surface area contributed by atoms with E-state index in [4.69, 9.17) is 0 Å². The molecular weight excluding hydrogens is 259 g/mol. The number of hydrogen-bond donors (Lipinski definition) is 0. The first-order chi connectivity index (χ1) is 5.41. The van der Waals surface area contributed by atoms with Crippen molar-refractivity contribution in [2.75, 3.05) is 4.93 Å². The number of hydrogen-bond acceptors (Lipinski definition) is 0. The van der Waals surface area contributed by atoms with Gasteiger partial charge in [0.2, 0.25) is 0 Å². The van der Waals surface area contributed by atoms with E-state index in [0.29, 0.717) is 5.41 Å². The number of unbranched alkanes of at least 4 members (excludes halogenated alkanes) is 2. The van der Waals surface area contributed by atoms with Crippen LogP contribution in [0.2, 0.25) is 0 Å². The summed E-state index contributed by atoms with van der Waals surface area (Å²) < 4.78 is 0. The normalized spacial score (nSPS) is 9.00. The maximum Gasteiger partial charge on any atom is -0.0121 e. The maximum absolute atomic E-state index is 2.21. The summed E-state index contributed by atoms with van der Waals surface area (Å²) in [5, 5.41) is 0. The van der Waals surface area contributed by atoms with Crippen LogP contribution in [-0.4, -0.2) is 4.93 Å². The highest BCUT2D eigenvalue weighted by atomic mass is 127. The van der Waals surface area contributed by atoms with E-state index >= 15 is 0 Å². The Kier molecular flexibility index (Phi) is 22.0. The summed E-state index contributed by atoms with van der Waals surface area (Å²) in [7, 11) is 0. The summed E-state index contributed by atoms with van der Waals surface area (Å²) in [6, 6.07) is 0. The van der Waals surface area contributed by atoms with Gasteiger partial charge in [0.1, 0.15) is 0 Å². The van der Waals surface area contributed by atoms with Gasteiger partial charge in [0.15, 0.2) is 0 Å². The predicted molar refractivity (Wildman–Crippen MR) is 70.3 cm³/mol. The molecule has 0 rings (SSSR count). The van der Waals surface area contributed by atoms with Gasteiger partial charge in [-0.25, -0.2) is 0 Å². The Morgan fingerprint density at radius 2 is 1.00 bits per heavy atom. The molecule has 0 unspecified atom stereocenters. The van der Waals surface area contributed by atoms with E-state index in [0.717, 1.165) is 0 Å². The van der Waals surface area contributed by atoms with Gasteiger partial charge in [0.05, 0.1) is 0 Å². The molecular formula is C11H27I. The minimum Gasteiger partial charge on any atom is -0.0901 e. The van der Waals surface area contributed by atoms with Gasteiger partial charge in [-0.3, -0.25) is 0 Å². The molecule has 12 heavy (non-hydrogen) atoms. The quantitative estimate of drug-likeness (QED) is 0.477. The van der Waals surface area contributed by atoms with E-state index in [1.807, 2.05) is 4.93 Å². The lowest BCUT2D eigenvalue weighted by molar-refractivity contribution is 0.469. The highest BCUT2D eigenvalue weighted by Crippen LogP contribution is 2.08. The molecule has 1 heteroatoms. The average Bonchev–Trinajstić information content (AvgIpc) is 1.90. The fourth-order valence-electron chi connectivity index (χ4n) is 0.354. The van der Waals surface area contributed by atoms with Gasteiger partial charge in [-0.15, -0.1) is 0 Å². The van der Waals surface area contributed by atoms with Crippen molar-refractivity contribution in [3.8, 4) is 0 Å². The topological polar surface area (TPSA) is 0 Å². The average molecular weight is 286 g/mol. The summed E-state index contributed by atoms with van der Waals surface area (Å²) >= 11 is 2.15. The monoisotopic (exact) mass is 286 g/mol. The Morgan fingerprint density at radius 3 is 1.00 bits per heavy atom. The largest absolute Gasteiger partial charge is 0.0901 e. The number of alkyl halides is 1. The van der Waals surface area contributed by atoms with E-state index < -0.39 is 0 Å². The first kappa shape index (κ1) is 18.5. The minimum absolute atomic E-state index is 0.500. The lowest BCUT2D eigenvalue weighted by atomic mass is 10.0. The van der Waals surface area contributed by atoms with E-state index in [9.17, 15) is 0 Å². The maximum atomic E-state index is 2.21. The first-order valence-corrected chi connectivity index (χ1v) is 6.95. The third-order valence-corrected chi connectivity index (χ3v) is 0.707. The Balaban J connectivity index is -0.000000112. The molecule has 78 valence electrons. The van der Waals surface area contributed by atoms with E-state index in [1.54, 1.807) is 0 Å². The lowest BCUT2D eigenvalue weighted by Gasteiger charge is -2.05. The van der Waals surface area contributed by atoms with E-state index in [1.165, 1.54) is 19.3 Å². The molecule has 0 saturated heterocycles. The third kappa shape index (κ3) is 136. The van der Waals surface area contributed by atoms with Crippen molar-refractivity contribution < 1.29 is 0 Å². The van der Waals surface area contributed by atoms with Gasteiger partial charge < -0.3 is 0 Å². The zero-order chi connectivity index (χ0) is 10.6. The van der Waals surface area contributed by atoms with Crippen LogP contribution in [-0.2, 0) is 0 Å². The molecule has 0 aliphatic rings. The van der Waals surface area contributed by atoms with Crippen molar-refractivity contribution in [2.24, 2.45) is 5.41 Å². The second kappa shape index (κ2) is 14.3. The molecule has 0 aliphatic carbocycles. The van der Waals surface area contributed by atoms with Crippen molar-refractivity contribution in [3.63, 3.8) is 0 Å². The SMILES string of the molecule is CC(C)(C)C.CCCCC.CI. The fraction of sp³-hybridized carbons (Fsp3) is 1.00.